The molecule has 2 rings (SSSR count). The molecule has 0 aliphatic heterocycles. The highest BCUT2D eigenvalue weighted by molar-refractivity contribution is 6.30. The van der Waals surface area contributed by atoms with E-state index in [0.29, 0.717) is 18.5 Å². The van der Waals surface area contributed by atoms with Gasteiger partial charge in [0.05, 0.1) is 5.02 Å². The number of H-pyrrole nitrogens is 1. The van der Waals surface area contributed by atoms with Crippen molar-refractivity contribution in [1.29, 1.82) is 0 Å². The molecule has 0 radical (unpaired) electrons. The van der Waals surface area contributed by atoms with Crippen molar-refractivity contribution in [3.63, 3.8) is 0 Å². The molecule has 2 N–H and O–H groups in total. The van der Waals surface area contributed by atoms with Gasteiger partial charge in [-0.25, -0.2) is 9.37 Å². The Morgan fingerprint density at radius 3 is 3.05 bits per heavy atom. The lowest BCUT2D eigenvalue weighted by molar-refractivity contribution is -0.116. The number of benzene rings is 1. The van der Waals surface area contributed by atoms with E-state index in [0.717, 1.165) is 5.82 Å². The zero-order valence-corrected chi connectivity index (χ0v) is 11.3. The van der Waals surface area contributed by atoms with E-state index >= 15 is 0 Å². The van der Waals surface area contributed by atoms with Crippen molar-refractivity contribution in [3.05, 3.63) is 58.9 Å². The van der Waals surface area contributed by atoms with Gasteiger partial charge < -0.3 is 10.3 Å². The van der Waals surface area contributed by atoms with Crippen LogP contribution < -0.4 is 5.32 Å². The standard InChI is InChI=1S/C14H13ClFN3O/c15-11-9-10(1-3-12(11)16)2-4-14(20)19-6-5-13-17-7-8-18-13/h1-4,7-9H,5-6H2,(H,17,18)(H,19,20)/b4-2+. The van der Waals surface area contributed by atoms with E-state index in [4.69, 9.17) is 11.6 Å². The van der Waals surface area contributed by atoms with Gasteiger partial charge in [0, 0.05) is 31.4 Å². The van der Waals surface area contributed by atoms with Gasteiger partial charge in [0.2, 0.25) is 5.91 Å². The van der Waals surface area contributed by atoms with E-state index in [1.54, 1.807) is 24.5 Å². The number of halogens is 2. The van der Waals surface area contributed by atoms with E-state index in [9.17, 15) is 9.18 Å². The van der Waals surface area contributed by atoms with Crippen molar-refractivity contribution in [3.8, 4) is 0 Å². The summed E-state index contributed by atoms with van der Waals surface area (Å²) in [5.74, 6) is 0.114. The van der Waals surface area contributed by atoms with Crippen molar-refractivity contribution < 1.29 is 9.18 Å². The van der Waals surface area contributed by atoms with Gasteiger partial charge in [-0.15, -0.1) is 0 Å². The molecule has 6 heteroatoms. The van der Waals surface area contributed by atoms with Crippen LogP contribution in [0.4, 0.5) is 4.39 Å². The number of amides is 1. The monoisotopic (exact) mass is 293 g/mol. The molecule has 0 saturated carbocycles. The number of aromatic amines is 1. The van der Waals surface area contributed by atoms with Crippen molar-refractivity contribution in [2.75, 3.05) is 6.54 Å². The summed E-state index contributed by atoms with van der Waals surface area (Å²) in [6.07, 6.45) is 6.98. The van der Waals surface area contributed by atoms with Crippen LogP contribution in [0, 0.1) is 5.82 Å². The molecule has 1 aromatic heterocycles. The molecule has 0 atom stereocenters. The summed E-state index contributed by atoms with van der Waals surface area (Å²) in [5.41, 5.74) is 0.664. The zero-order chi connectivity index (χ0) is 14.4. The summed E-state index contributed by atoms with van der Waals surface area (Å²) in [4.78, 5) is 18.6. The minimum Gasteiger partial charge on any atom is -0.352 e. The first-order valence-corrected chi connectivity index (χ1v) is 6.42. The van der Waals surface area contributed by atoms with Crippen LogP contribution >= 0.6 is 11.6 Å². The quantitative estimate of drug-likeness (QED) is 0.833. The van der Waals surface area contributed by atoms with E-state index < -0.39 is 5.82 Å². The fraction of sp³-hybridized carbons (Fsp3) is 0.143. The predicted octanol–water partition coefficient (Wildman–Crippen LogP) is 2.57. The number of carbonyl (C=O) groups excluding carboxylic acids is 1. The number of hydrogen-bond acceptors (Lipinski definition) is 2. The lowest BCUT2D eigenvalue weighted by Crippen LogP contribution is -2.23. The number of imidazole rings is 1. The van der Waals surface area contributed by atoms with Gasteiger partial charge in [0.1, 0.15) is 11.6 Å². The molecule has 0 fully saturated rings. The fourth-order valence-corrected chi connectivity index (χ4v) is 1.77. The van der Waals surface area contributed by atoms with Crippen LogP contribution in [0.3, 0.4) is 0 Å². The Kier molecular flexibility index (Phi) is 4.90. The third-order valence-electron chi connectivity index (χ3n) is 2.59. The van der Waals surface area contributed by atoms with Gasteiger partial charge in [-0.3, -0.25) is 4.79 Å². The van der Waals surface area contributed by atoms with Crippen molar-refractivity contribution >= 4 is 23.6 Å². The summed E-state index contributed by atoms with van der Waals surface area (Å²) in [7, 11) is 0. The highest BCUT2D eigenvalue weighted by Gasteiger charge is 2.00. The number of nitrogens with zero attached hydrogens (tertiary/aromatic N) is 1. The summed E-state index contributed by atoms with van der Waals surface area (Å²) in [5, 5.41) is 2.76. The lowest BCUT2D eigenvalue weighted by atomic mass is 10.2. The van der Waals surface area contributed by atoms with Gasteiger partial charge in [-0.2, -0.15) is 0 Å². The maximum Gasteiger partial charge on any atom is 0.244 e. The number of hydrogen-bond donors (Lipinski definition) is 2. The van der Waals surface area contributed by atoms with Crippen LogP contribution in [0.15, 0.2) is 36.7 Å². The van der Waals surface area contributed by atoms with E-state index in [2.05, 4.69) is 15.3 Å². The molecule has 20 heavy (non-hydrogen) atoms. The Bertz CT molecular complexity index is 611. The Hall–Kier alpha value is -2.14. The molecule has 0 aliphatic rings. The van der Waals surface area contributed by atoms with Crippen LogP contribution in [0.25, 0.3) is 6.08 Å². The summed E-state index contributed by atoms with van der Waals surface area (Å²) in [6, 6.07) is 4.27. The van der Waals surface area contributed by atoms with Crippen LogP contribution in [0.2, 0.25) is 5.02 Å². The first-order chi connectivity index (χ1) is 9.65. The average Bonchev–Trinajstić information content (AvgIpc) is 2.93. The van der Waals surface area contributed by atoms with Gasteiger partial charge in [-0.1, -0.05) is 17.7 Å². The smallest absolute Gasteiger partial charge is 0.244 e. The van der Waals surface area contributed by atoms with E-state index in [-0.39, 0.29) is 10.9 Å². The normalized spacial score (nSPS) is 10.9. The zero-order valence-electron chi connectivity index (χ0n) is 10.6. The highest BCUT2D eigenvalue weighted by Crippen LogP contribution is 2.16. The molecule has 1 amide bonds. The first-order valence-electron chi connectivity index (χ1n) is 6.04. The molecule has 0 spiro atoms. The van der Waals surface area contributed by atoms with Crippen LogP contribution in [0.1, 0.15) is 11.4 Å². The maximum absolute atomic E-state index is 13.0. The van der Waals surface area contributed by atoms with Gasteiger partial charge >= 0.3 is 0 Å². The Labute approximate surface area is 120 Å². The van der Waals surface area contributed by atoms with Crippen molar-refractivity contribution in [2.24, 2.45) is 0 Å². The second-order valence-corrected chi connectivity index (χ2v) is 4.49. The largest absolute Gasteiger partial charge is 0.352 e. The topological polar surface area (TPSA) is 57.8 Å². The molecular weight excluding hydrogens is 281 g/mol. The number of nitrogens with one attached hydrogen (secondary N) is 2. The lowest BCUT2D eigenvalue weighted by Gasteiger charge is -2.00. The van der Waals surface area contributed by atoms with Gasteiger partial charge in [-0.05, 0) is 23.8 Å². The van der Waals surface area contributed by atoms with E-state index in [1.165, 1.54) is 18.2 Å². The minimum atomic E-state index is -0.480. The summed E-state index contributed by atoms with van der Waals surface area (Å²) >= 11 is 5.65. The molecule has 0 saturated heterocycles. The van der Waals surface area contributed by atoms with Crippen molar-refractivity contribution in [1.82, 2.24) is 15.3 Å². The van der Waals surface area contributed by atoms with Crippen LogP contribution in [-0.2, 0) is 11.2 Å². The average molecular weight is 294 g/mol. The van der Waals surface area contributed by atoms with Gasteiger partial charge in [0.15, 0.2) is 0 Å². The third-order valence-corrected chi connectivity index (χ3v) is 2.88. The summed E-state index contributed by atoms with van der Waals surface area (Å²) in [6.45, 7) is 0.487. The molecule has 2 aromatic rings. The Balaban J connectivity index is 1.81. The highest BCUT2D eigenvalue weighted by atomic mass is 35.5. The number of aromatic nitrogens is 2. The Morgan fingerprint density at radius 1 is 1.50 bits per heavy atom. The molecule has 0 unspecified atom stereocenters. The molecule has 1 heterocycles. The molecule has 4 nitrogen and oxygen atoms in total. The molecule has 1 aromatic carbocycles. The minimum absolute atomic E-state index is 0.0328. The third kappa shape index (κ3) is 4.20. The fourth-order valence-electron chi connectivity index (χ4n) is 1.59. The first kappa shape index (κ1) is 14.3. The predicted molar refractivity (Wildman–Crippen MR) is 75.7 cm³/mol. The van der Waals surface area contributed by atoms with Gasteiger partial charge in [0.25, 0.3) is 0 Å². The molecule has 0 aliphatic carbocycles. The SMILES string of the molecule is O=C(/C=C/c1ccc(F)c(Cl)c1)NCCc1ncc[nH]1. The van der Waals surface area contributed by atoms with Crippen LogP contribution in [0.5, 0.6) is 0 Å². The van der Waals surface area contributed by atoms with E-state index in [1.807, 2.05) is 0 Å². The molecular formula is C14H13ClFN3O. The molecule has 0 bridgehead atoms. The molecule has 104 valence electrons. The Morgan fingerprint density at radius 2 is 2.35 bits per heavy atom. The second kappa shape index (κ2) is 6.86. The number of rotatable bonds is 5. The second-order valence-electron chi connectivity index (χ2n) is 4.08. The van der Waals surface area contributed by atoms with Crippen molar-refractivity contribution in [2.45, 2.75) is 6.42 Å². The van der Waals surface area contributed by atoms with Crippen LogP contribution in [-0.4, -0.2) is 22.4 Å². The maximum atomic E-state index is 13.0. The summed E-state index contributed by atoms with van der Waals surface area (Å²) < 4.78 is 13.0. The number of carbonyl (C=O) groups is 1.